The predicted octanol–water partition coefficient (Wildman–Crippen LogP) is 3.55. The van der Waals surface area contributed by atoms with Gasteiger partial charge in [-0.3, -0.25) is 6.08 Å². The molecule has 73 valence electrons. The van der Waals surface area contributed by atoms with Gasteiger partial charge in [-0.2, -0.15) is 6.08 Å². The molecule has 1 rings (SSSR count). The molecule has 0 saturated heterocycles. The molecule has 0 atom stereocenters. The summed E-state index contributed by atoms with van der Waals surface area (Å²) in [6.45, 7) is 0. The summed E-state index contributed by atoms with van der Waals surface area (Å²) in [4.78, 5) is 0. The largest absolute Gasteiger partial charge is 0.358 e. The fraction of sp³-hybridized carbons (Fsp3) is 0.100. The fourth-order valence-electron chi connectivity index (χ4n) is 0.340. The molecule has 1 aliphatic carbocycles. The smallest absolute Gasteiger partial charge is 0 e. The topological polar surface area (TPSA) is 0 Å². The van der Waals surface area contributed by atoms with Crippen LogP contribution in [0.4, 0.5) is 0 Å². The first-order chi connectivity index (χ1) is 2.50. The minimum absolute atomic E-state index is 0. The van der Waals surface area contributed by atoms with Crippen molar-refractivity contribution in [1.29, 1.82) is 0 Å². The fourth-order valence-corrected chi connectivity index (χ4v) is 0.340. The zero-order valence-corrected chi connectivity index (χ0v) is 9.50. The average molecular weight is 195 g/mol. The summed E-state index contributed by atoms with van der Waals surface area (Å²) >= 11 is 0. The Balaban J connectivity index is -0.0000000104. The SMILES string of the molecule is [C-]1=CC=CC1.[CH3-].[CH3-].[CH3-].[CH3-].[CH3-].[Mn]. The molecular formula is C10H20Mn-6. The molecule has 0 amide bonds. The van der Waals surface area contributed by atoms with Crippen molar-refractivity contribution in [3.63, 3.8) is 0 Å². The van der Waals surface area contributed by atoms with Gasteiger partial charge in [0.1, 0.15) is 0 Å². The second-order valence-electron chi connectivity index (χ2n) is 1.00. The van der Waals surface area contributed by atoms with E-state index in [0.29, 0.717) is 0 Å². The Hall–Kier alpha value is -0.000519. The van der Waals surface area contributed by atoms with Gasteiger partial charge in [-0.25, -0.2) is 12.2 Å². The third-order valence-corrected chi connectivity index (χ3v) is 0.586. The van der Waals surface area contributed by atoms with Gasteiger partial charge in [0.25, 0.3) is 0 Å². The van der Waals surface area contributed by atoms with Crippen LogP contribution in [0.15, 0.2) is 18.2 Å². The molecule has 0 nitrogen and oxygen atoms in total. The molecule has 1 radical (unpaired) electrons. The summed E-state index contributed by atoms with van der Waals surface area (Å²) in [6, 6.07) is 0. The van der Waals surface area contributed by atoms with Crippen molar-refractivity contribution in [2.75, 3.05) is 0 Å². The van der Waals surface area contributed by atoms with Crippen LogP contribution in [0.1, 0.15) is 6.42 Å². The van der Waals surface area contributed by atoms with E-state index in [9.17, 15) is 0 Å². The number of hydrogen-bond acceptors (Lipinski definition) is 0. The van der Waals surface area contributed by atoms with E-state index in [1.807, 2.05) is 12.2 Å². The monoisotopic (exact) mass is 195 g/mol. The molecule has 0 aromatic heterocycles. The van der Waals surface area contributed by atoms with Crippen LogP contribution < -0.4 is 0 Å². The van der Waals surface area contributed by atoms with Crippen LogP contribution in [-0.2, 0) is 17.1 Å². The maximum absolute atomic E-state index is 2.99. The molecule has 1 aliphatic rings. The first-order valence-corrected chi connectivity index (χ1v) is 1.72. The predicted molar refractivity (Wildman–Crippen MR) is 53.6 cm³/mol. The van der Waals surface area contributed by atoms with Crippen LogP contribution in [0.5, 0.6) is 0 Å². The second kappa shape index (κ2) is 32.4. The Kier molecular flexibility index (Phi) is 130. The Morgan fingerprint density at radius 3 is 1.45 bits per heavy atom. The molecular weight excluding hydrogens is 175 g/mol. The van der Waals surface area contributed by atoms with E-state index in [-0.39, 0.29) is 54.2 Å². The van der Waals surface area contributed by atoms with Crippen LogP contribution in [0.3, 0.4) is 0 Å². The Morgan fingerprint density at radius 2 is 1.36 bits per heavy atom. The van der Waals surface area contributed by atoms with Gasteiger partial charge in [0.2, 0.25) is 0 Å². The summed E-state index contributed by atoms with van der Waals surface area (Å²) in [6.07, 6.45) is 10.0. The summed E-state index contributed by atoms with van der Waals surface area (Å²) in [5.41, 5.74) is 0. The van der Waals surface area contributed by atoms with Gasteiger partial charge in [-0.15, -0.1) is 6.42 Å². The third kappa shape index (κ3) is 25.6. The Labute approximate surface area is 85.3 Å². The average Bonchev–Trinajstić information content (AvgIpc) is 1.76. The van der Waals surface area contributed by atoms with Gasteiger partial charge < -0.3 is 37.1 Å². The van der Waals surface area contributed by atoms with Crippen LogP contribution in [-0.4, -0.2) is 0 Å². The van der Waals surface area contributed by atoms with Crippen LogP contribution in [0.25, 0.3) is 0 Å². The van der Waals surface area contributed by atoms with Crippen molar-refractivity contribution >= 4 is 0 Å². The molecule has 11 heavy (non-hydrogen) atoms. The molecule has 0 unspecified atom stereocenters. The number of rotatable bonds is 0. The van der Waals surface area contributed by atoms with E-state index in [1.165, 1.54) is 0 Å². The first-order valence-electron chi connectivity index (χ1n) is 1.72. The van der Waals surface area contributed by atoms with Gasteiger partial charge in [0.15, 0.2) is 0 Å². The molecule has 0 spiro atoms. The standard InChI is InChI=1S/C5H5.5CH3.Mn/c1-2-4-5-3-1;;;;;;/h1-3H,4H2;5*1H3;/q6*-1;. The van der Waals surface area contributed by atoms with E-state index >= 15 is 0 Å². The quantitative estimate of drug-likeness (QED) is 0.409. The molecule has 0 fully saturated rings. The zero-order valence-electron chi connectivity index (χ0n) is 8.32. The maximum Gasteiger partial charge on any atom is 0 e. The van der Waals surface area contributed by atoms with Crippen molar-refractivity contribution in [2.45, 2.75) is 6.42 Å². The first kappa shape index (κ1) is 44.0. The van der Waals surface area contributed by atoms with E-state index in [4.69, 9.17) is 0 Å². The molecule has 0 N–H and O–H groups in total. The van der Waals surface area contributed by atoms with Gasteiger partial charge in [-0.05, 0) is 0 Å². The van der Waals surface area contributed by atoms with Crippen molar-refractivity contribution in [3.05, 3.63) is 61.4 Å². The minimum Gasteiger partial charge on any atom is -0.358 e. The third-order valence-electron chi connectivity index (χ3n) is 0.586. The molecule has 0 heterocycles. The molecule has 0 aromatic carbocycles. The number of allylic oxidation sites excluding steroid dienone is 4. The van der Waals surface area contributed by atoms with E-state index in [0.717, 1.165) is 6.42 Å². The van der Waals surface area contributed by atoms with Crippen molar-refractivity contribution in [3.8, 4) is 0 Å². The molecule has 0 aromatic rings. The number of hydrogen-bond donors (Lipinski definition) is 0. The van der Waals surface area contributed by atoms with Gasteiger partial charge in [-0.1, -0.05) is 0 Å². The summed E-state index contributed by atoms with van der Waals surface area (Å²) < 4.78 is 0. The minimum atomic E-state index is 0. The molecule has 0 aliphatic heterocycles. The second-order valence-corrected chi connectivity index (χ2v) is 1.00. The summed E-state index contributed by atoms with van der Waals surface area (Å²) in [5.74, 6) is 0. The Bertz CT molecular complexity index is 62.9. The summed E-state index contributed by atoms with van der Waals surface area (Å²) in [7, 11) is 0. The molecule has 0 saturated carbocycles. The van der Waals surface area contributed by atoms with Crippen molar-refractivity contribution in [2.24, 2.45) is 0 Å². The van der Waals surface area contributed by atoms with Gasteiger partial charge in [0.05, 0.1) is 0 Å². The zero-order chi connectivity index (χ0) is 3.54. The van der Waals surface area contributed by atoms with Crippen molar-refractivity contribution < 1.29 is 17.1 Å². The Morgan fingerprint density at radius 1 is 0.909 bits per heavy atom. The summed E-state index contributed by atoms with van der Waals surface area (Å²) in [5, 5.41) is 0. The molecule has 0 bridgehead atoms. The van der Waals surface area contributed by atoms with Crippen LogP contribution in [0, 0.1) is 43.2 Å². The van der Waals surface area contributed by atoms with Crippen molar-refractivity contribution in [1.82, 2.24) is 0 Å². The van der Waals surface area contributed by atoms with E-state index in [2.05, 4.69) is 12.2 Å². The normalized spacial score (nSPS) is 8.00. The van der Waals surface area contributed by atoms with E-state index in [1.54, 1.807) is 0 Å². The van der Waals surface area contributed by atoms with Crippen LogP contribution >= 0.6 is 0 Å². The van der Waals surface area contributed by atoms with E-state index < -0.39 is 0 Å². The van der Waals surface area contributed by atoms with Crippen LogP contribution in [0.2, 0.25) is 0 Å². The van der Waals surface area contributed by atoms with Gasteiger partial charge >= 0.3 is 0 Å². The maximum atomic E-state index is 2.99. The van der Waals surface area contributed by atoms with Gasteiger partial charge in [0, 0.05) is 17.1 Å². The molecule has 1 heteroatoms.